The quantitative estimate of drug-likeness (QED) is 0.786. The molecular formula is C11H7Cl2F3N4. The van der Waals surface area contributed by atoms with Crippen LogP contribution < -0.4 is 11.5 Å². The summed E-state index contributed by atoms with van der Waals surface area (Å²) in [7, 11) is 0. The Kier molecular flexibility index (Phi) is 3.66. The maximum atomic E-state index is 13.0. The van der Waals surface area contributed by atoms with E-state index in [0.717, 1.165) is 6.20 Å². The third kappa shape index (κ3) is 2.59. The Labute approximate surface area is 121 Å². The Morgan fingerprint density at radius 2 is 1.65 bits per heavy atom. The second-order valence-corrected chi connectivity index (χ2v) is 4.57. The monoisotopic (exact) mass is 322 g/mol. The number of nitrogens with two attached hydrogens (primary N) is 2. The van der Waals surface area contributed by atoms with Gasteiger partial charge in [0.25, 0.3) is 0 Å². The van der Waals surface area contributed by atoms with Gasteiger partial charge in [-0.05, 0) is 6.07 Å². The van der Waals surface area contributed by atoms with E-state index in [1.54, 1.807) is 0 Å². The van der Waals surface area contributed by atoms with Crippen LogP contribution in [0.1, 0.15) is 5.69 Å². The van der Waals surface area contributed by atoms with Crippen molar-refractivity contribution in [3.63, 3.8) is 0 Å². The van der Waals surface area contributed by atoms with Crippen LogP contribution in [0.15, 0.2) is 18.3 Å². The highest BCUT2D eigenvalue weighted by molar-refractivity contribution is 6.45. The fourth-order valence-electron chi connectivity index (χ4n) is 1.58. The van der Waals surface area contributed by atoms with E-state index in [2.05, 4.69) is 9.97 Å². The number of alkyl halides is 3. The summed E-state index contributed by atoms with van der Waals surface area (Å²) in [4.78, 5) is 6.78. The lowest BCUT2D eigenvalue weighted by Gasteiger charge is -2.14. The van der Waals surface area contributed by atoms with Crippen LogP contribution in [-0.4, -0.2) is 9.97 Å². The molecule has 0 spiro atoms. The molecule has 2 aromatic rings. The molecule has 4 nitrogen and oxygen atoms in total. The number of anilines is 2. The highest BCUT2D eigenvalue weighted by Crippen LogP contribution is 2.41. The Bertz CT molecular complexity index is 673. The van der Waals surface area contributed by atoms with Crippen LogP contribution in [-0.2, 0) is 6.18 Å². The molecule has 0 unspecified atom stereocenters. The second-order valence-electron chi connectivity index (χ2n) is 3.82. The largest absolute Gasteiger partial charge is 0.434 e. The van der Waals surface area contributed by atoms with E-state index in [-0.39, 0.29) is 26.9 Å². The first-order valence-corrected chi connectivity index (χ1v) is 5.91. The number of rotatable bonds is 1. The fraction of sp³-hybridized carbons (Fsp3) is 0.0909. The Balaban J connectivity index is 2.74. The van der Waals surface area contributed by atoms with Crippen molar-refractivity contribution in [3.8, 4) is 11.1 Å². The van der Waals surface area contributed by atoms with Gasteiger partial charge in [0.05, 0.1) is 15.7 Å². The van der Waals surface area contributed by atoms with Gasteiger partial charge in [-0.1, -0.05) is 29.3 Å². The van der Waals surface area contributed by atoms with Gasteiger partial charge < -0.3 is 11.5 Å². The first-order valence-electron chi connectivity index (χ1n) is 5.15. The molecule has 0 saturated heterocycles. The van der Waals surface area contributed by atoms with Crippen LogP contribution in [0.3, 0.4) is 0 Å². The number of hydrogen-bond donors (Lipinski definition) is 2. The number of nitrogens with zero attached hydrogens (tertiary/aromatic N) is 2. The van der Waals surface area contributed by atoms with E-state index in [1.165, 1.54) is 12.1 Å². The van der Waals surface area contributed by atoms with Crippen molar-refractivity contribution >= 4 is 34.8 Å². The van der Waals surface area contributed by atoms with Gasteiger partial charge in [0.1, 0.15) is 0 Å². The number of benzene rings is 1. The lowest BCUT2D eigenvalue weighted by atomic mass is 10.0. The summed E-state index contributed by atoms with van der Waals surface area (Å²) in [6, 6.07) is 2.66. The second kappa shape index (κ2) is 4.99. The van der Waals surface area contributed by atoms with Gasteiger partial charge >= 0.3 is 6.18 Å². The standard InChI is InChI=1S/C11H7Cl2F3N4/c12-7-4(1-2-6(17)8(7)13)5-3-19-10(18)20-9(5)11(14,15)16/h1-3H,17H2,(H2,18,19,20). The number of halogens is 5. The summed E-state index contributed by atoms with van der Waals surface area (Å²) in [6.07, 6.45) is -3.76. The van der Waals surface area contributed by atoms with E-state index >= 15 is 0 Å². The average molecular weight is 323 g/mol. The minimum Gasteiger partial charge on any atom is -0.397 e. The zero-order valence-corrected chi connectivity index (χ0v) is 11.2. The topological polar surface area (TPSA) is 77.8 Å². The van der Waals surface area contributed by atoms with Crippen LogP contribution in [0, 0.1) is 0 Å². The van der Waals surface area contributed by atoms with Gasteiger partial charge in [-0.2, -0.15) is 13.2 Å². The smallest absolute Gasteiger partial charge is 0.397 e. The van der Waals surface area contributed by atoms with Crippen LogP contribution in [0.5, 0.6) is 0 Å². The van der Waals surface area contributed by atoms with E-state index in [9.17, 15) is 13.2 Å². The average Bonchev–Trinajstić information content (AvgIpc) is 2.36. The highest BCUT2D eigenvalue weighted by atomic mass is 35.5. The minimum absolute atomic E-state index is 0.0261. The third-order valence-corrected chi connectivity index (χ3v) is 3.37. The molecule has 106 valence electrons. The molecule has 9 heteroatoms. The van der Waals surface area contributed by atoms with Gasteiger partial charge in [-0.3, -0.25) is 0 Å². The lowest BCUT2D eigenvalue weighted by molar-refractivity contribution is -0.140. The van der Waals surface area contributed by atoms with Gasteiger partial charge in [0.15, 0.2) is 5.69 Å². The van der Waals surface area contributed by atoms with Crippen molar-refractivity contribution in [3.05, 3.63) is 34.1 Å². The normalized spacial score (nSPS) is 11.7. The molecule has 0 atom stereocenters. The molecule has 1 aromatic heterocycles. The Morgan fingerprint density at radius 3 is 2.25 bits per heavy atom. The molecule has 0 bridgehead atoms. The molecular weight excluding hydrogens is 316 g/mol. The molecule has 2 rings (SSSR count). The zero-order chi connectivity index (χ0) is 15.1. The van der Waals surface area contributed by atoms with Crippen molar-refractivity contribution in [1.29, 1.82) is 0 Å². The molecule has 0 aliphatic carbocycles. The van der Waals surface area contributed by atoms with Crippen molar-refractivity contribution in [2.24, 2.45) is 0 Å². The predicted molar refractivity (Wildman–Crippen MR) is 71.3 cm³/mol. The molecule has 20 heavy (non-hydrogen) atoms. The van der Waals surface area contributed by atoms with Crippen molar-refractivity contribution in [2.45, 2.75) is 6.18 Å². The predicted octanol–water partition coefficient (Wildman–Crippen LogP) is 3.63. The summed E-state index contributed by atoms with van der Waals surface area (Å²) in [6.45, 7) is 0. The van der Waals surface area contributed by atoms with Crippen LogP contribution in [0.2, 0.25) is 10.0 Å². The number of nitrogen functional groups attached to an aromatic ring is 2. The van der Waals surface area contributed by atoms with Crippen molar-refractivity contribution in [2.75, 3.05) is 11.5 Å². The Hall–Kier alpha value is -1.73. The number of hydrogen-bond acceptors (Lipinski definition) is 4. The van der Waals surface area contributed by atoms with Gasteiger partial charge in [-0.25, -0.2) is 9.97 Å². The fourth-order valence-corrected chi connectivity index (χ4v) is 2.02. The molecule has 0 fully saturated rings. The van der Waals surface area contributed by atoms with E-state index in [4.69, 9.17) is 34.7 Å². The maximum absolute atomic E-state index is 13.0. The molecule has 4 N–H and O–H groups in total. The first-order chi connectivity index (χ1) is 9.21. The van der Waals surface area contributed by atoms with Gasteiger partial charge in [0.2, 0.25) is 5.95 Å². The highest BCUT2D eigenvalue weighted by Gasteiger charge is 2.37. The van der Waals surface area contributed by atoms with Crippen molar-refractivity contribution in [1.82, 2.24) is 9.97 Å². The summed E-state index contributed by atoms with van der Waals surface area (Å²) in [5.41, 5.74) is 9.39. The van der Waals surface area contributed by atoms with Gasteiger partial charge in [-0.15, -0.1) is 0 Å². The van der Waals surface area contributed by atoms with Crippen molar-refractivity contribution < 1.29 is 13.2 Å². The van der Waals surface area contributed by atoms with E-state index < -0.39 is 17.8 Å². The number of aromatic nitrogens is 2. The zero-order valence-electron chi connectivity index (χ0n) is 9.67. The minimum atomic E-state index is -4.70. The maximum Gasteiger partial charge on any atom is 0.434 e. The molecule has 1 heterocycles. The SMILES string of the molecule is Nc1ncc(-c2ccc(N)c(Cl)c2Cl)c(C(F)(F)F)n1. The van der Waals surface area contributed by atoms with Crippen LogP contribution in [0.4, 0.5) is 24.8 Å². The molecule has 0 amide bonds. The van der Waals surface area contributed by atoms with Gasteiger partial charge in [0, 0.05) is 17.3 Å². The lowest BCUT2D eigenvalue weighted by Crippen LogP contribution is -2.13. The van der Waals surface area contributed by atoms with Crippen LogP contribution >= 0.6 is 23.2 Å². The van der Waals surface area contributed by atoms with E-state index in [1.807, 2.05) is 0 Å². The summed E-state index contributed by atoms with van der Waals surface area (Å²) in [5, 5.41) is -0.139. The molecule has 0 saturated carbocycles. The molecule has 0 aliphatic heterocycles. The summed E-state index contributed by atoms with van der Waals surface area (Å²) in [5.74, 6) is -0.487. The Morgan fingerprint density at radius 1 is 1.00 bits per heavy atom. The molecule has 1 aromatic carbocycles. The van der Waals surface area contributed by atoms with E-state index in [0.29, 0.717) is 0 Å². The molecule has 0 aliphatic rings. The summed E-state index contributed by atoms with van der Waals surface area (Å²) < 4.78 is 38.9. The third-order valence-electron chi connectivity index (χ3n) is 2.48. The first kappa shape index (κ1) is 14.7. The van der Waals surface area contributed by atoms with Crippen LogP contribution in [0.25, 0.3) is 11.1 Å². The summed E-state index contributed by atoms with van der Waals surface area (Å²) >= 11 is 11.8. The molecule has 0 radical (unpaired) electrons.